The molecule has 0 aromatic heterocycles. The molecule has 2 aromatic carbocycles. The van der Waals surface area contributed by atoms with E-state index in [9.17, 15) is 19.5 Å². The quantitative estimate of drug-likeness (QED) is 0.338. The van der Waals surface area contributed by atoms with Crippen LogP contribution in [0.2, 0.25) is 5.02 Å². The average Bonchev–Trinajstić information content (AvgIpc) is 3.53. The van der Waals surface area contributed by atoms with E-state index >= 15 is 0 Å². The molecule has 2 bridgehead atoms. The van der Waals surface area contributed by atoms with Crippen molar-refractivity contribution in [2.24, 2.45) is 17.8 Å². The van der Waals surface area contributed by atoms with Crippen LogP contribution in [0.3, 0.4) is 0 Å². The van der Waals surface area contributed by atoms with E-state index in [2.05, 4.69) is 13.5 Å². The number of nitrogens with zero attached hydrogens (tertiary/aromatic N) is 2. The fraction of sp³-hybridized carbons (Fsp3) is 0.452. The van der Waals surface area contributed by atoms with Crippen molar-refractivity contribution < 1.29 is 24.2 Å². The Balaban J connectivity index is 1.70. The van der Waals surface area contributed by atoms with Crippen molar-refractivity contribution in [1.29, 1.82) is 0 Å². The molecule has 1 spiro atoms. The second-order valence-corrected chi connectivity index (χ2v) is 12.8. The number of hydrogen-bond acceptors (Lipinski definition) is 6. The molecule has 3 fully saturated rings. The first-order valence-electron chi connectivity index (χ1n) is 13.7. The molecule has 7 nitrogen and oxygen atoms in total. The molecule has 3 aliphatic rings. The zero-order chi connectivity index (χ0) is 28.8. The summed E-state index contributed by atoms with van der Waals surface area (Å²) >= 11 is 8.24. The highest BCUT2D eigenvalue weighted by Crippen LogP contribution is 2.69. The van der Waals surface area contributed by atoms with Gasteiger partial charge in [-0.15, -0.1) is 18.3 Å². The number of carbonyl (C=O) groups is 3. The standard InChI is InChI=1S/C31H35ClN2O5S/c1-5-15-33(26-18(3)11-10-14-21(26)32)29(37)27-31-19(4)16-23(40-31)24(30(38)39-6-2)25(31)28(36)34(27)22(17-35)20-12-8-7-9-13-20/h5,7-14,19,22-25,27,35H,1,6,15-17H2,2-4H3/t19?,22-,23-,24+,25+,27?,31?/m1/s1. The van der Waals surface area contributed by atoms with Gasteiger partial charge < -0.3 is 19.6 Å². The van der Waals surface area contributed by atoms with E-state index in [1.807, 2.05) is 49.4 Å². The van der Waals surface area contributed by atoms with E-state index in [0.29, 0.717) is 17.1 Å². The molecule has 3 unspecified atom stereocenters. The van der Waals surface area contributed by atoms with Gasteiger partial charge in [-0.1, -0.05) is 67.1 Å². The topological polar surface area (TPSA) is 87.2 Å². The molecule has 2 amide bonds. The van der Waals surface area contributed by atoms with Crippen LogP contribution >= 0.6 is 23.4 Å². The average molecular weight is 583 g/mol. The van der Waals surface area contributed by atoms with E-state index in [1.54, 1.807) is 40.6 Å². The van der Waals surface area contributed by atoms with Crippen molar-refractivity contribution in [1.82, 2.24) is 4.90 Å². The van der Waals surface area contributed by atoms with E-state index in [1.165, 1.54) is 0 Å². The fourth-order valence-corrected chi connectivity index (χ4v) is 9.86. The third-order valence-electron chi connectivity index (χ3n) is 8.71. The Bertz CT molecular complexity index is 1300. The lowest BCUT2D eigenvalue weighted by Crippen LogP contribution is -2.58. The molecular weight excluding hydrogens is 548 g/mol. The van der Waals surface area contributed by atoms with E-state index in [4.69, 9.17) is 16.3 Å². The highest BCUT2D eigenvalue weighted by atomic mass is 35.5. The Labute approximate surface area is 244 Å². The predicted octanol–water partition coefficient (Wildman–Crippen LogP) is 4.80. The first kappa shape index (κ1) is 28.7. The van der Waals surface area contributed by atoms with Gasteiger partial charge in [-0.2, -0.15) is 0 Å². The van der Waals surface area contributed by atoms with Gasteiger partial charge in [-0.05, 0) is 43.4 Å². The highest BCUT2D eigenvalue weighted by Gasteiger charge is 2.77. The normalized spacial score (nSPS) is 29.3. The third kappa shape index (κ3) is 4.27. The summed E-state index contributed by atoms with van der Waals surface area (Å²) < 4.78 is 4.59. The second kappa shape index (κ2) is 11.2. The summed E-state index contributed by atoms with van der Waals surface area (Å²) in [7, 11) is 0. The van der Waals surface area contributed by atoms with Crippen LogP contribution in [0.1, 0.15) is 37.4 Å². The first-order valence-corrected chi connectivity index (χ1v) is 15.0. The first-order chi connectivity index (χ1) is 19.2. The number of rotatable bonds is 9. The van der Waals surface area contributed by atoms with Crippen LogP contribution in [0, 0.1) is 24.7 Å². The smallest absolute Gasteiger partial charge is 0.310 e. The zero-order valence-corrected chi connectivity index (χ0v) is 24.5. The number of hydrogen-bond donors (Lipinski definition) is 1. The lowest BCUT2D eigenvalue weighted by molar-refractivity contribution is -0.154. The van der Waals surface area contributed by atoms with Gasteiger partial charge >= 0.3 is 5.97 Å². The summed E-state index contributed by atoms with van der Waals surface area (Å²) in [6.07, 6.45) is 2.33. The maximum Gasteiger partial charge on any atom is 0.310 e. The Morgan fingerprint density at radius 2 is 2.00 bits per heavy atom. The van der Waals surface area contributed by atoms with Crippen molar-refractivity contribution in [3.63, 3.8) is 0 Å². The lowest BCUT2D eigenvalue weighted by Gasteiger charge is -2.42. The highest BCUT2D eigenvalue weighted by molar-refractivity contribution is 8.02. The second-order valence-electron chi connectivity index (χ2n) is 10.8. The van der Waals surface area contributed by atoms with Gasteiger partial charge in [0.25, 0.3) is 5.91 Å². The minimum Gasteiger partial charge on any atom is -0.466 e. The third-order valence-corrected chi connectivity index (χ3v) is 11.1. The molecule has 7 atom stereocenters. The number of anilines is 1. The van der Waals surface area contributed by atoms with E-state index in [-0.39, 0.29) is 42.7 Å². The molecule has 0 radical (unpaired) electrons. The van der Waals surface area contributed by atoms with Crippen molar-refractivity contribution in [3.05, 3.63) is 77.3 Å². The van der Waals surface area contributed by atoms with Crippen LogP contribution in [-0.2, 0) is 19.1 Å². The number of amides is 2. The van der Waals surface area contributed by atoms with Gasteiger partial charge in [-0.3, -0.25) is 14.4 Å². The number of ether oxygens (including phenoxy) is 1. The predicted molar refractivity (Wildman–Crippen MR) is 157 cm³/mol. The van der Waals surface area contributed by atoms with Crippen molar-refractivity contribution in [3.8, 4) is 0 Å². The van der Waals surface area contributed by atoms with Gasteiger partial charge in [0.15, 0.2) is 0 Å². The molecule has 40 heavy (non-hydrogen) atoms. The molecule has 212 valence electrons. The Morgan fingerprint density at radius 1 is 1.27 bits per heavy atom. The lowest BCUT2D eigenvalue weighted by atomic mass is 9.66. The number of aliphatic hydroxyl groups excluding tert-OH is 1. The Kier molecular flexibility index (Phi) is 8.06. The molecular formula is C31H35ClN2O5S. The molecule has 5 rings (SSSR count). The fourth-order valence-electron chi connectivity index (χ4n) is 7.14. The number of aliphatic hydroxyl groups is 1. The molecule has 0 saturated carbocycles. The molecule has 9 heteroatoms. The van der Waals surface area contributed by atoms with E-state index in [0.717, 1.165) is 11.1 Å². The molecule has 3 heterocycles. The van der Waals surface area contributed by atoms with Gasteiger partial charge in [0.05, 0.1) is 46.5 Å². The van der Waals surface area contributed by atoms with Crippen LogP contribution in [-0.4, -0.2) is 63.6 Å². The SMILES string of the molecule is C=CCN(C(=O)C1N([C@H](CO)c2ccccc2)C(=O)[C@@H]2[C@@H](C(=O)OCC)[C@H]3CC(C)C12S3)c1c(C)cccc1Cl. The molecule has 1 N–H and O–H groups in total. The molecule has 2 aromatic rings. The van der Waals surface area contributed by atoms with Gasteiger partial charge in [0, 0.05) is 11.8 Å². The Hall–Kier alpha value is -2.81. The van der Waals surface area contributed by atoms with Crippen LogP contribution < -0.4 is 4.90 Å². The maximum atomic E-state index is 14.9. The maximum absolute atomic E-state index is 14.9. The number of benzene rings is 2. The van der Waals surface area contributed by atoms with Gasteiger partial charge in [0.2, 0.25) is 5.91 Å². The summed E-state index contributed by atoms with van der Waals surface area (Å²) in [5, 5.41) is 11.0. The number of halogens is 1. The molecule has 0 aliphatic carbocycles. The number of esters is 1. The van der Waals surface area contributed by atoms with Gasteiger partial charge in [0.1, 0.15) is 6.04 Å². The molecule has 3 aliphatic heterocycles. The summed E-state index contributed by atoms with van der Waals surface area (Å²) in [6, 6.07) is 13.0. The summed E-state index contributed by atoms with van der Waals surface area (Å²) in [4.78, 5) is 45.9. The largest absolute Gasteiger partial charge is 0.466 e. The monoisotopic (exact) mass is 582 g/mol. The number of fused-ring (bicyclic) bond motifs is 1. The zero-order valence-electron chi connectivity index (χ0n) is 23.0. The minimum atomic E-state index is -0.942. The summed E-state index contributed by atoms with van der Waals surface area (Å²) in [5.74, 6) is -2.42. The Morgan fingerprint density at radius 3 is 2.62 bits per heavy atom. The van der Waals surface area contributed by atoms with Crippen LogP contribution in [0.4, 0.5) is 5.69 Å². The number of para-hydroxylation sites is 1. The van der Waals surface area contributed by atoms with Gasteiger partial charge in [-0.25, -0.2) is 0 Å². The summed E-state index contributed by atoms with van der Waals surface area (Å²) in [6.45, 7) is 9.61. The molecule has 3 saturated heterocycles. The number of carbonyl (C=O) groups excluding carboxylic acids is 3. The van der Waals surface area contributed by atoms with Crippen LogP contribution in [0.25, 0.3) is 0 Å². The van der Waals surface area contributed by atoms with Crippen molar-refractivity contribution >= 4 is 46.8 Å². The minimum absolute atomic E-state index is 0.0332. The van der Waals surface area contributed by atoms with E-state index < -0.39 is 34.6 Å². The van der Waals surface area contributed by atoms with Crippen molar-refractivity contribution in [2.75, 3.05) is 24.7 Å². The van der Waals surface area contributed by atoms with Crippen LogP contribution in [0.15, 0.2) is 61.2 Å². The summed E-state index contributed by atoms with van der Waals surface area (Å²) in [5.41, 5.74) is 2.10. The van der Waals surface area contributed by atoms with Crippen molar-refractivity contribution in [2.45, 2.75) is 49.3 Å². The number of thioether (sulfide) groups is 1. The number of likely N-dealkylation sites (tertiary alicyclic amines) is 1. The number of aryl methyl sites for hydroxylation is 1. The van der Waals surface area contributed by atoms with Crippen LogP contribution in [0.5, 0.6) is 0 Å².